The van der Waals surface area contributed by atoms with E-state index in [-0.39, 0.29) is 6.10 Å². The molecule has 1 heteroatoms. The highest BCUT2D eigenvalue weighted by molar-refractivity contribution is 5.17. The molecule has 0 saturated heterocycles. The SMILES string of the molecule is C=C1C[C@@H]2[C@H]3[C@H](C(C)C)CC[C@]3(C)CC[C@@]2(C)C[C@H]1O. The molecule has 3 aliphatic rings. The predicted octanol–water partition coefficient (Wildman–Crippen LogP) is 4.80. The molecule has 3 fully saturated rings. The number of aliphatic hydroxyl groups excluding tert-OH is 1. The van der Waals surface area contributed by atoms with Crippen LogP contribution in [0.1, 0.15) is 66.2 Å². The summed E-state index contributed by atoms with van der Waals surface area (Å²) in [5, 5.41) is 10.3. The van der Waals surface area contributed by atoms with Crippen molar-refractivity contribution in [2.45, 2.75) is 72.3 Å². The molecular weight excluding hydrogens is 244 g/mol. The zero-order valence-corrected chi connectivity index (χ0v) is 13.8. The van der Waals surface area contributed by atoms with Gasteiger partial charge in [-0.15, -0.1) is 0 Å². The lowest BCUT2D eigenvalue weighted by Crippen LogP contribution is -2.51. The minimum absolute atomic E-state index is 0.250. The van der Waals surface area contributed by atoms with E-state index in [1.54, 1.807) is 0 Å². The lowest BCUT2D eigenvalue weighted by Gasteiger charge is -2.57. The molecule has 0 amide bonds. The van der Waals surface area contributed by atoms with Crippen LogP contribution in [0.5, 0.6) is 0 Å². The van der Waals surface area contributed by atoms with Crippen molar-refractivity contribution in [2.24, 2.45) is 34.5 Å². The van der Waals surface area contributed by atoms with Gasteiger partial charge in [-0.05, 0) is 78.6 Å². The highest BCUT2D eigenvalue weighted by Crippen LogP contribution is 2.66. The van der Waals surface area contributed by atoms with Gasteiger partial charge < -0.3 is 5.11 Å². The van der Waals surface area contributed by atoms with Crippen molar-refractivity contribution in [2.75, 3.05) is 0 Å². The molecule has 1 nitrogen and oxygen atoms in total. The third kappa shape index (κ3) is 2.00. The Kier molecular flexibility index (Phi) is 3.36. The minimum Gasteiger partial charge on any atom is -0.389 e. The van der Waals surface area contributed by atoms with E-state index in [1.807, 2.05) is 0 Å². The summed E-state index contributed by atoms with van der Waals surface area (Å²) in [5.41, 5.74) is 2.01. The maximum Gasteiger partial charge on any atom is 0.0752 e. The van der Waals surface area contributed by atoms with Crippen LogP contribution in [-0.4, -0.2) is 11.2 Å². The van der Waals surface area contributed by atoms with Gasteiger partial charge >= 0.3 is 0 Å². The molecule has 3 saturated carbocycles. The van der Waals surface area contributed by atoms with Gasteiger partial charge in [-0.2, -0.15) is 0 Å². The second-order valence-corrected chi connectivity index (χ2v) is 8.97. The Morgan fingerprint density at radius 1 is 1.15 bits per heavy atom. The van der Waals surface area contributed by atoms with Crippen LogP contribution in [0.4, 0.5) is 0 Å². The summed E-state index contributed by atoms with van der Waals surface area (Å²) >= 11 is 0. The Labute approximate surface area is 124 Å². The normalized spacial score (nSPS) is 52.0. The van der Waals surface area contributed by atoms with Crippen molar-refractivity contribution in [3.8, 4) is 0 Å². The number of rotatable bonds is 1. The maximum absolute atomic E-state index is 10.3. The Morgan fingerprint density at radius 2 is 1.80 bits per heavy atom. The molecule has 0 radical (unpaired) electrons. The fourth-order valence-corrected chi connectivity index (χ4v) is 6.00. The summed E-state index contributed by atoms with van der Waals surface area (Å²) in [6.45, 7) is 14.0. The molecule has 1 N–H and O–H groups in total. The summed E-state index contributed by atoms with van der Waals surface area (Å²) in [6.07, 6.45) is 7.28. The molecule has 0 spiro atoms. The first kappa shape index (κ1) is 14.6. The van der Waals surface area contributed by atoms with Gasteiger partial charge in [0, 0.05) is 0 Å². The van der Waals surface area contributed by atoms with E-state index < -0.39 is 0 Å². The van der Waals surface area contributed by atoms with Crippen LogP contribution in [0.25, 0.3) is 0 Å². The maximum atomic E-state index is 10.3. The van der Waals surface area contributed by atoms with Crippen molar-refractivity contribution in [1.82, 2.24) is 0 Å². The smallest absolute Gasteiger partial charge is 0.0752 e. The van der Waals surface area contributed by atoms with Gasteiger partial charge in [-0.3, -0.25) is 0 Å². The van der Waals surface area contributed by atoms with E-state index in [4.69, 9.17) is 0 Å². The van der Waals surface area contributed by atoms with Gasteiger partial charge in [-0.25, -0.2) is 0 Å². The molecule has 0 heterocycles. The van der Waals surface area contributed by atoms with Crippen molar-refractivity contribution in [3.63, 3.8) is 0 Å². The van der Waals surface area contributed by atoms with Gasteiger partial charge in [0.1, 0.15) is 0 Å². The van der Waals surface area contributed by atoms with Crippen LogP contribution in [0.3, 0.4) is 0 Å². The molecule has 6 atom stereocenters. The first-order valence-electron chi connectivity index (χ1n) is 8.62. The van der Waals surface area contributed by atoms with Crippen molar-refractivity contribution >= 4 is 0 Å². The second kappa shape index (κ2) is 4.60. The molecule has 0 unspecified atom stereocenters. The van der Waals surface area contributed by atoms with Crippen LogP contribution in [-0.2, 0) is 0 Å². The molecule has 0 aliphatic heterocycles. The lowest BCUT2D eigenvalue weighted by molar-refractivity contribution is -0.0800. The first-order chi connectivity index (χ1) is 9.27. The number of aliphatic hydroxyl groups is 1. The first-order valence-corrected chi connectivity index (χ1v) is 8.62. The van der Waals surface area contributed by atoms with Gasteiger partial charge in [0.25, 0.3) is 0 Å². The highest BCUT2D eigenvalue weighted by atomic mass is 16.3. The van der Waals surface area contributed by atoms with E-state index in [0.717, 1.165) is 42.1 Å². The molecule has 20 heavy (non-hydrogen) atoms. The summed E-state index contributed by atoms with van der Waals surface area (Å²) < 4.78 is 0. The second-order valence-electron chi connectivity index (χ2n) is 8.97. The molecule has 3 rings (SSSR count). The summed E-state index contributed by atoms with van der Waals surface area (Å²) in [4.78, 5) is 0. The molecule has 0 aromatic heterocycles. The largest absolute Gasteiger partial charge is 0.389 e. The Hall–Kier alpha value is -0.300. The van der Waals surface area contributed by atoms with Crippen LogP contribution >= 0.6 is 0 Å². The van der Waals surface area contributed by atoms with Crippen LogP contribution < -0.4 is 0 Å². The minimum atomic E-state index is -0.250. The molecule has 114 valence electrons. The third-order valence-electron chi connectivity index (χ3n) is 7.38. The highest BCUT2D eigenvalue weighted by Gasteiger charge is 2.58. The van der Waals surface area contributed by atoms with Crippen LogP contribution in [0.2, 0.25) is 0 Å². The van der Waals surface area contributed by atoms with Gasteiger partial charge in [0.05, 0.1) is 6.10 Å². The summed E-state index contributed by atoms with van der Waals surface area (Å²) in [5.74, 6) is 3.29. The van der Waals surface area contributed by atoms with E-state index in [9.17, 15) is 5.11 Å². The Balaban J connectivity index is 1.96. The fraction of sp³-hybridized carbons (Fsp3) is 0.895. The zero-order valence-electron chi connectivity index (χ0n) is 13.8. The zero-order chi connectivity index (χ0) is 14.7. The average Bonchev–Trinajstić information content (AvgIpc) is 2.70. The summed E-state index contributed by atoms with van der Waals surface area (Å²) in [7, 11) is 0. The molecule has 0 aromatic carbocycles. The molecule has 0 aromatic rings. The third-order valence-corrected chi connectivity index (χ3v) is 7.38. The Bertz CT molecular complexity index is 412. The Morgan fingerprint density at radius 3 is 2.45 bits per heavy atom. The lowest BCUT2D eigenvalue weighted by atomic mass is 9.48. The number of hydrogen-bond donors (Lipinski definition) is 1. The van der Waals surface area contributed by atoms with E-state index in [2.05, 4.69) is 34.3 Å². The van der Waals surface area contributed by atoms with Crippen molar-refractivity contribution in [3.05, 3.63) is 12.2 Å². The quantitative estimate of drug-likeness (QED) is 0.682. The summed E-state index contributed by atoms with van der Waals surface area (Å²) in [6, 6.07) is 0. The van der Waals surface area contributed by atoms with E-state index in [0.29, 0.717) is 10.8 Å². The van der Waals surface area contributed by atoms with E-state index >= 15 is 0 Å². The van der Waals surface area contributed by atoms with Crippen LogP contribution in [0, 0.1) is 34.5 Å². The van der Waals surface area contributed by atoms with Crippen molar-refractivity contribution < 1.29 is 5.11 Å². The molecule has 3 aliphatic carbocycles. The molecule has 0 bridgehead atoms. The number of fused-ring (bicyclic) bond motifs is 3. The van der Waals surface area contributed by atoms with E-state index in [1.165, 1.54) is 25.7 Å². The van der Waals surface area contributed by atoms with Gasteiger partial charge in [0.2, 0.25) is 0 Å². The standard InChI is InChI=1S/C19H32O/c1-12(2)14-6-7-18(4)8-9-19(5)11-16(20)13(3)10-15(19)17(14)18/h12,14-17,20H,3,6-11H2,1-2,4-5H3/t14-,15+,16+,17+,18+,19-/m0/s1. The average molecular weight is 276 g/mol. The number of hydrogen-bond acceptors (Lipinski definition) is 1. The van der Waals surface area contributed by atoms with Gasteiger partial charge in [-0.1, -0.05) is 34.3 Å². The van der Waals surface area contributed by atoms with Crippen molar-refractivity contribution in [1.29, 1.82) is 0 Å². The van der Waals surface area contributed by atoms with Gasteiger partial charge in [0.15, 0.2) is 0 Å². The predicted molar refractivity (Wildman–Crippen MR) is 84.4 cm³/mol. The molecular formula is C19H32O. The monoisotopic (exact) mass is 276 g/mol. The van der Waals surface area contributed by atoms with Crippen LogP contribution in [0.15, 0.2) is 12.2 Å². The topological polar surface area (TPSA) is 20.2 Å². The fourth-order valence-electron chi connectivity index (χ4n) is 6.00.